The van der Waals surface area contributed by atoms with Crippen molar-refractivity contribution in [3.8, 4) is 0 Å². The molecule has 10 nitrogen and oxygen atoms in total. The second kappa shape index (κ2) is 14.2. The van der Waals surface area contributed by atoms with Crippen LogP contribution in [-0.2, 0) is 16.0 Å². The number of rotatable bonds is 14. The first-order chi connectivity index (χ1) is 18.4. The number of nitrogens with zero attached hydrogens (tertiary/aromatic N) is 3. The van der Waals surface area contributed by atoms with Crippen LogP contribution in [0, 0.1) is 5.92 Å². The largest absolute Gasteiger partial charge is 0.369 e. The van der Waals surface area contributed by atoms with Gasteiger partial charge in [-0.3, -0.25) is 19.4 Å². The number of hydrogen-bond donors (Lipinski definition) is 4. The quantitative estimate of drug-likeness (QED) is 0.233. The van der Waals surface area contributed by atoms with Crippen LogP contribution in [0.5, 0.6) is 0 Å². The van der Waals surface area contributed by atoms with E-state index in [9.17, 15) is 14.4 Å². The van der Waals surface area contributed by atoms with Crippen LogP contribution in [0.3, 0.4) is 0 Å². The van der Waals surface area contributed by atoms with E-state index >= 15 is 0 Å². The van der Waals surface area contributed by atoms with Gasteiger partial charge in [-0.05, 0) is 54.8 Å². The van der Waals surface area contributed by atoms with Crippen LogP contribution in [0.4, 0.5) is 23.1 Å². The van der Waals surface area contributed by atoms with E-state index in [0.29, 0.717) is 41.8 Å². The number of anilines is 4. The Morgan fingerprint density at radius 1 is 1.03 bits per heavy atom. The highest BCUT2D eigenvalue weighted by Gasteiger charge is 2.17. The third kappa shape index (κ3) is 8.51. The Hall–Kier alpha value is -4.60. The lowest BCUT2D eigenvalue weighted by Crippen LogP contribution is -2.22. The molecule has 0 saturated carbocycles. The standard InChI is InChI=1S/C28H33N7O3/c1-4-12-30-25-24(18-32-28(35-25)31-15-11-20-9-13-29-14-10-20)27(38)34-22-8-6-7-21(17-22)33-26(37)19(3)16-23(36)5-2/h5-10,13-14,17-19H,2,4,11-12,15-16H2,1,3H3,(H,33,37)(H,34,38)(H2,30,31,32,35)/t19-/m0/s1. The third-order valence-electron chi connectivity index (χ3n) is 5.59. The SMILES string of the molecule is C=CC(=O)C[C@H](C)C(=O)Nc1cccc(NC(=O)c2cnc(NCCc3ccncc3)nc2NCCC)c1. The number of nitrogens with one attached hydrogen (secondary N) is 4. The minimum absolute atomic E-state index is 0.0773. The number of hydrogen-bond acceptors (Lipinski definition) is 8. The fourth-order valence-corrected chi connectivity index (χ4v) is 3.50. The van der Waals surface area contributed by atoms with Crippen LogP contribution in [0.15, 0.2) is 67.6 Å². The number of aromatic nitrogens is 3. The summed E-state index contributed by atoms with van der Waals surface area (Å²) < 4.78 is 0. The molecule has 2 aromatic heterocycles. The molecule has 3 aromatic rings. The van der Waals surface area contributed by atoms with Crippen molar-refractivity contribution in [2.24, 2.45) is 5.92 Å². The second-order valence-corrected chi connectivity index (χ2v) is 8.71. The van der Waals surface area contributed by atoms with E-state index in [4.69, 9.17) is 0 Å². The van der Waals surface area contributed by atoms with Gasteiger partial charge in [0.1, 0.15) is 11.4 Å². The molecule has 198 valence electrons. The van der Waals surface area contributed by atoms with E-state index in [-0.39, 0.29) is 24.0 Å². The van der Waals surface area contributed by atoms with Crippen LogP contribution >= 0.6 is 0 Å². The van der Waals surface area contributed by atoms with E-state index < -0.39 is 5.92 Å². The molecule has 0 aliphatic heterocycles. The van der Waals surface area contributed by atoms with Gasteiger partial charge in [-0.1, -0.05) is 26.5 Å². The Labute approximate surface area is 222 Å². The summed E-state index contributed by atoms with van der Waals surface area (Å²) in [6.07, 6.45) is 7.91. The summed E-state index contributed by atoms with van der Waals surface area (Å²) in [6, 6.07) is 10.7. The lowest BCUT2D eigenvalue weighted by molar-refractivity contribution is -0.123. The number of pyridine rings is 1. The molecule has 0 spiro atoms. The van der Waals surface area contributed by atoms with Gasteiger partial charge in [-0.25, -0.2) is 4.98 Å². The fraction of sp³-hybridized carbons (Fsp3) is 0.286. The summed E-state index contributed by atoms with van der Waals surface area (Å²) in [6.45, 7) is 8.40. The number of amides is 2. The molecule has 0 bridgehead atoms. The molecule has 38 heavy (non-hydrogen) atoms. The molecule has 2 heterocycles. The minimum Gasteiger partial charge on any atom is -0.369 e. The first kappa shape index (κ1) is 28.0. The number of benzene rings is 1. The van der Waals surface area contributed by atoms with Crippen molar-refractivity contribution in [2.45, 2.75) is 33.1 Å². The molecule has 0 fully saturated rings. The molecule has 10 heteroatoms. The number of carbonyl (C=O) groups excluding carboxylic acids is 3. The average Bonchev–Trinajstić information content (AvgIpc) is 2.92. The Morgan fingerprint density at radius 2 is 1.76 bits per heavy atom. The smallest absolute Gasteiger partial charge is 0.260 e. The molecule has 0 radical (unpaired) electrons. The Balaban J connectivity index is 1.66. The topological polar surface area (TPSA) is 138 Å². The molecule has 0 aliphatic rings. The minimum atomic E-state index is -0.514. The van der Waals surface area contributed by atoms with Crippen molar-refractivity contribution in [1.29, 1.82) is 0 Å². The summed E-state index contributed by atoms with van der Waals surface area (Å²) in [4.78, 5) is 49.9. The van der Waals surface area contributed by atoms with Gasteiger partial charge in [0.15, 0.2) is 5.78 Å². The van der Waals surface area contributed by atoms with Gasteiger partial charge >= 0.3 is 0 Å². The average molecular weight is 516 g/mol. The van der Waals surface area contributed by atoms with Crippen LogP contribution in [-0.4, -0.2) is 45.6 Å². The summed E-state index contributed by atoms with van der Waals surface area (Å²) in [5.74, 6) is -0.548. The number of allylic oxidation sites excluding steroid dienone is 1. The van der Waals surface area contributed by atoms with E-state index in [1.165, 1.54) is 12.3 Å². The van der Waals surface area contributed by atoms with E-state index in [0.717, 1.165) is 18.4 Å². The Bertz CT molecular complexity index is 1260. The summed E-state index contributed by atoms with van der Waals surface area (Å²) in [5, 5.41) is 12.0. The zero-order chi connectivity index (χ0) is 27.3. The molecule has 2 amide bonds. The van der Waals surface area contributed by atoms with Crippen LogP contribution in [0.25, 0.3) is 0 Å². The molecule has 0 saturated heterocycles. The first-order valence-electron chi connectivity index (χ1n) is 12.5. The predicted molar refractivity (Wildman–Crippen MR) is 149 cm³/mol. The van der Waals surface area contributed by atoms with Crippen LogP contribution in [0.1, 0.15) is 42.6 Å². The van der Waals surface area contributed by atoms with E-state index in [2.05, 4.69) is 42.8 Å². The van der Waals surface area contributed by atoms with Gasteiger partial charge in [0, 0.05) is 55.4 Å². The van der Waals surface area contributed by atoms with Crippen molar-refractivity contribution in [3.63, 3.8) is 0 Å². The summed E-state index contributed by atoms with van der Waals surface area (Å²) >= 11 is 0. The van der Waals surface area contributed by atoms with Crippen LogP contribution in [0.2, 0.25) is 0 Å². The monoisotopic (exact) mass is 515 g/mol. The van der Waals surface area contributed by atoms with Crippen molar-refractivity contribution in [2.75, 3.05) is 34.4 Å². The van der Waals surface area contributed by atoms with Crippen molar-refractivity contribution in [1.82, 2.24) is 15.0 Å². The van der Waals surface area contributed by atoms with Gasteiger partial charge in [0.25, 0.3) is 5.91 Å². The number of carbonyl (C=O) groups is 3. The maximum Gasteiger partial charge on any atom is 0.260 e. The lowest BCUT2D eigenvalue weighted by atomic mass is 10.0. The molecular formula is C28H33N7O3. The molecule has 0 aliphatic carbocycles. The fourth-order valence-electron chi connectivity index (χ4n) is 3.50. The van der Waals surface area contributed by atoms with E-state index in [1.54, 1.807) is 43.6 Å². The predicted octanol–water partition coefficient (Wildman–Crippen LogP) is 4.32. The molecular weight excluding hydrogens is 482 g/mol. The van der Waals surface area contributed by atoms with Gasteiger partial charge in [0.2, 0.25) is 11.9 Å². The maximum absolute atomic E-state index is 13.1. The number of ketones is 1. The van der Waals surface area contributed by atoms with Crippen LogP contribution < -0.4 is 21.3 Å². The lowest BCUT2D eigenvalue weighted by Gasteiger charge is -2.14. The Kier molecular flexibility index (Phi) is 10.5. The molecule has 3 rings (SSSR count). The molecule has 1 aromatic carbocycles. The highest BCUT2D eigenvalue weighted by Crippen LogP contribution is 2.20. The van der Waals surface area contributed by atoms with Crippen molar-refractivity contribution >= 4 is 40.7 Å². The van der Waals surface area contributed by atoms with Gasteiger partial charge < -0.3 is 21.3 Å². The van der Waals surface area contributed by atoms with E-state index in [1.807, 2.05) is 19.1 Å². The van der Waals surface area contributed by atoms with Gasteiger partial charge in [-0.2, -0.15) is 4.98 Å². The van der Waals surface area contributed by atoms with Crippen molar-refractivity contribution < 1.29 is 14.4 Å². The second-order valence-electron chi connectivity index (χ2n) is 8.71. The molecule has 1 atom stereocenters. The molecule has 4 N–H and O–H groups in total. The zero-order valence-corrected chi connectivity index (χ0v) is 21.7. The third-order valence-corrected chi connectivity index (χ3v) is 5.59. The normalized spacial score (nSPS) is 11.2. The Morgan fingerprint density at radius 3 is 2.47 bits per heavy atom. The summed E-state index contributed by atoms with van der Waals surface area (Å²) in [5.41, 5.74) is 2.43. The summed E-state index contributed by atoms with van der Waals surface area (Å²) in [7, 11) is 0. The zero-order valence-electron chi connectivity index (χ0n) is 21.7. The van der Waals surface area contributed by atoms with Gasteiger partial charge in [-0.15, -0.1) is 0 Å². The molecule has 0 unspecified atom stereocenters. The highest BCUT2D eigenvalue weighted by atomic mass is 16.2. The first-order valence-corrected chi connectivity index (χ1v) is 12.5. The highest BCUT2D eigenvalue weighted by molar-refractivity contribution is 6.07. The van der Waals surface area contributed by atoms with Gasteiger partial charge in [0.05, 0.1) is 0 Å². The maximum atomic E-state index is 13.1. The van der Waals surface area contributed by atoms with Crippen molar-refractivity contribution in [3.05, 3.63) is 78.8 Å².